The van der Waals surface area contributed by atoms with Gasteiger partial charge in [0.2, 0.25) is 5.91 Å². The number of hydrogen-bond acceptors (Lipinski definition) is 3. The monoisotopic (exact) mass is 312 g/mol. The lowest BCUT2D eigenvalue weighted by molar-refractivity contribution is -0.136. The largest absolute Gasteiger partial charge is 0.480 e. The van der Waals surface area contributed by atoms with Gasteiger partial charge in [0.25, 0.3) is 0 Å². The molecule has 0 spiro atoms. The summed E-state index contributed by atoms with van der Waals surface area (Å²) in [6, 6.07) is 6.11. The van der Waals surface area contributed by atoms with Gasteiger partial charge in [-0.05, 0) is 29.7 Å². The minimum absolute atomic E-state index is 0.0827. The Morgan fingerprint density at radius 1 is 1.29 bits per heavy atom. The topological polar surface area (TPSA) is 83.6 Å². The number of aliphatic carboxylic acids is 1. The van der Waals surface area contributed by atoms with Gasteiger partial charge in [-0.2, -0.15) is 0 Å². The van der Waals surface area contributed by atoms with Gasteiger partial charge in [-0.1, -0.05) is 32.4 Å². The molecule has 0 saturated carbocycles. The number of benzene rings is 1. The van der Waals surface area contributed by atoms with Crippen molar-refractivity contribution in [1.82, 2.24) is 0 Å². The third kappa shape index (κ3) is 5.36. The summed E-state index contributed by atoms with van der Waals surface area (Å²) in [4.78, 5) is 24.6. The first-order valence-electron chi connectivity index (χ1n) is 6.64. The van der Waals surface area contributed by atoms with E-state index in [2.05, 4.69) is 0 Å². The molecule has 1 aromatic rings. The standard InChI is InChI=1S/C15H21ClN2O3/c1-15(2,3)12(17)8-13(19)18(9-14(20)21)11-6-4-10(16)5-7-11/h4-7,12H,8-9,17H2,1-3H3,(H,20,21). The van der Waals surface area contributed by atoms with Crippen LogP contribution in [0, 0.1) is 5.41 Å². The Morgan fingerprint density at radius 3 is 2.24 bits per heavy atom. The van der Waals surface area contributed by atoms with Crippen molar-refractivity contribution < 1.29 is 14.7 Å². The zero-order chi connectivity index (χ0) is 16.2. The van der Waals surface area contributed by atoms with Crippen LogP contribution in [0.25, 0.3) is 0 Å². The maximum atomic E-state index is 12.4. The molecule has 0 bridgehead atoms. The molecule has 0 aliphatic rings. The van der Waals surface area contributed by atoms with Crippen LogP contribution in [0.2, 0.25) is 5.02 Å². The summed E-state index contributed by atoms with van der Waals surface area (Å²) >= 11 is 5.81. The Bertz CT molecular complexity index is 509. The molecular formula is C15H21ClN2O3. The van der Waals surface area contributed by atoms with Gasteiger partial charge in [-0.25, -0.2) is 0 Å². The van der Waals surface area contributed by atoms with Gasteiger partial charge in [-0.15, -0.1) is 0 Å². The first kappa shape index (κ1) is 17.5. The molecule has 6 heteroatoms. The highest BCUT2D eigenvalue weighted by Gasteiger charge is 2.27. The number of anilines is 1. The van der Waals surface area contributed by atoms with Crippen LogP contribution in [0.15, 0.2) is 24.3 Å². The lowest BCUT2D eigenvalue weighted by Gasteiger charge is -2.29. The molecule has 1 rings (SSSR count). The first-order chi connectivity index (χ1) is 9.61. The van der Waals surface area contributed by atoms with E-state index in [0.29, 0.717) is 10.7 Å². The van der Waals surface area contributed by atoms with Crippen molar-refractivity contribution in [2.45, 2.75) is 33.2 Å². The van der Waals surface area contributed by atoms with Crippen LogP contribution < -0.4 is 10.6 Å². The van der Waals surface area contributed by atoms with E-state index in [9.17, 15) is 9.59 Å². The highest BCUT2D eigenvalue weighted by atomic mass is 35.5. The van der Waals surface area contributed by atoms with Crippen LogP contribution in [0.3, 0.4) is 0 Å². The normalized spacial score (nSPS) is 12.8. The molecule has 0 aromatic heterocycles. The SMILES string of the molecule is CC(C)(C)C(N)CC(=O)N(CC(=O)O)c1ccc(Cl)cc1. The summed E-state index contributed by atoms with van der Waals surface area (Å²) in [7, 11) is 0. The molecule has 1 atom stereocenters. The summed E-state index contributed by atoms with van der Waals surface area (Å²) in [5, 5.41) is 9.51. The fourth-order valence-corrected chi connectivity index (χ4v) is 1.81. The summed E-state index contributed by atoms with van der Waals surface area (Å²) in [6.45, 7) is 5.41. The maximum absolute atomic E-state index is 12.4. The second-order valence-electron chi connectivity index (χ2n) is 6.03. The van der Waals surface area contributed by atoms with Gasteiger partial charge in [0.15, 0.2) is 0 Å². The van der Waals surface area contributed by atoms with Crippen molar-refractivity contribution in [3.63, 3.8) is 0 Å². The third-order valence-corrected chi connectivity index (χ3v) is 3.49. The van der Waals surface area contributed by atoms with Gasteiger partial charge >= 0.3 is 5.97 Å². The molecule has 5 nitrogen and oxygen atoms in total. The number of carbonyl (C=O) groups excluding carboxylic acids is 1. The van der Waals surface area contributed by atoms with Crippen molar-refractivity contribution in [2.75, 3.05) is 11.4 Å². The highest BCUT2D eigenvalue weighted by Crippen LogP contribution is 2.23. The predicted octanol–water partition coefficient (Wildman–Crippen LogP) is 2.52. The Labute approximate surface area is 129 Å². The molecule has 3 N–H and O–H groups in total. The van der Waals surface area contributed by atoms with Crippen molar-refractivity contribution in [3.8, 4) is 0 Å². The lowest BCUT2D eigenvalue weighted by atomic mass is 9.85. The third-order valence-electron chi connectivity index (χ3n) is 3.24. The maximum Gasteiger partial charge on any atom is 0.323 e. The van der Waals surface area contributed by atoms with E-state index in [1.54, 1.807) is 24.3 Å². The van der Waals surface area contributed by atoms with Crippen LogP contribution >= 0.6 is 11.6 Å². The second-order valence-corrected chi connectivity index (χ2v) is 6.46. The number of hydrogen-bond donors (Lipinski definition) is 2. The van der Waals surface area contributed by atoms with E-state index in [1.807, 2.05) is 20.8 Å². The first-order valence-corrected chi connectivity index (χ1v) is 7.02. The minimum Gasteiger partial charge on any atom is -0.480 e. The average Bonchev–Trinajstić information content (AvgIpc) is 2.35. The highest BCUT2D eigenvalue weighted by molar-refractivity contribution is 6.30. The molecule has 1 aromatic carbocycles. The van der Waals surface area contributed by atoms with E-state index in [4.69, 9.17) is 22.4 Å². The van der Waals surface area contributed by atoms with Crippen molar-refractivity contribution in [3.05, 3.63) is 29.3 Å². The number of carboxylic acids is 1. The number of amides is 1. The Morgan fingerprint density at radius 2 is 1.81 bits per heavy atom. The molecule has 0 aliphatic heterocycles. The van der Waals surface area contributed by atoms with Crippen molar-refractivity contribution in [1.29, 1.82) is 0 Å². The Balaban J connectivity index is 2.94. The van der Waals surface area contributed by atoms with Crippen molar-refractivity contribution in [2.24, 2.45) is 11.1 Å². The summed E-state index contributed by atoms with van der Waals surface area (Å²) < 4.78 is 0. The number of nitrogens with two attached hydrogens (primary N) is 1. The van der Waals surface area contributed by atoms with Crippen molar-refractivity contribution >= 4 is 29.2 Å². The molecule has 1 amide bonds. The van der Waals surface area contributed by atoms with Gasteiger partial charge in [0, 0.05) is 23.2 Å². The molecule has 1 unspecified atom stereocenters. The lowest BCUT2D eigenvalue weighted by Crippen LogP contribution is -2.43. The van der Waals surface area contributed by atoms with E-state index in [1.165, 1.54) is 4.90 Å². The van der Waals surface area contributed by atoms with E-state index < -0.39 is 12.5 Å². The zero-order valence-electron chi connectivity index (χ0n) is 12.5. The second kappa shape index (κ2) is 6.91. The van der Waals surface area contributed by atoms with Crippen LogP contribution in [0.5, 0.6) is 0 Å². The molecule has 21 heavy (non-hydrogen) atoms. The Kier molecular flexibility index (Phi) is 5.75. The van der Waals surface area contributed by atoms with Gasteiger partial charge in [0.05, 0.1) is 0 Å². The van der Waals surface area contributed by atoms with Gasteiger partial charge in [-0.3, -0.25) is 9.59 Å². The number of nitrogens with zero attached hydrogens (tertiary/aromatic N) is 1. The van der Waals surface area contributed by atoms with Gasteiger partial charge in [0.1, 0.15) is 6.54 Å². The van der Waals surface area contributed by atoms with E-state index in [0.717, 1.165) is 0 Å². The van der Waals surface area contributed by atoms with Crippen LogP contribution in [0.1, 0.15) is 27.2 Å². The minimum atomic E-state index is -1.08. The smallest absolute Gasteiger partial charge is 0.323 e. The van der Waals surface area contributed by atoms with E-state index in [-0.39, 0.29) is 23.8 Å². The predicted molar refractivity (Wildman–Crippen MR) is 83.5 cm³/mol. The molecule has 0 fully saturated rings. The van der Waals surface area contributed by atoms with Crippen LogP contribution in [-0.2, 0) is 9.59 Å². The van der Waals surface area contributed by atoms with Crippen LogP contribution in [-0.4, -0.2) is 29.6 Å². The summed E-state index contributed by atoms with van der Waals surface area (Å²) in [5.41, 5.74) is 6.27. The summed E-state index contributed by atoms with van der Waals surface area (Å²) in [6.07, 6.45) is 0.0827. The molecule has 0 radical (unpaired) electrons. The zero-order valence-corrected chi connectivity index (χ0v) is 13.2. The number of halogens is 1. The van der Waals surface area contributed by atoms with Gasteiger partial charge < -0.3 is 15.7 Å². The molecule has 0 aliphatic carbocycles. The van der Waals surface area contributed by atoms with E-state index >= 15 is 0 Å². The number of rotatable bonds is 5. The Hall–Kier alpha value is -1.59. The number of carbonyl (C=O) groups is 2. The quantitative estimate of drug-likeness (QED) is 0.875. The number of carboxylic acid groups (broad SMARTS) is 1. The van der Waals surface area contributed by atoms with Crippen LogP contribution in [0.4, 0.5) is 5.69 Å². The molecular weight excluding hydrogens is 292 g/mol. The average molecular weight is 313 g/mol. The molecule has 116 valence electrons. The molecule has 0 heterocycles. The fraction of sp³-hybridized carbons (Fsp3) is 0.467. The summed E-state index contributed by atoms with van der Waals surface area (Å²) in [5.74, 6) is -1.40. The fourth-order valence-electron chi connectivity index (χ4n) is 1.68. The molecule has 0 saturated heterocycles.